The van der Waals surface area contributed by atoms with Gasteiger partial charge in [0.05, 0.1) is 5.69 Å². The summed E-state index contributed by atoms with van der Waals surface area (Å²) in [6.45, 7) is 0. The summed E-state index contributed by atoms with van der Waals surface area (Å²) in [5.74, 6) is -0.476. The fourth-order valence-electron chi connectivity index (χ4n) is 0.667. The van der Waals surface area contributed by atoms with Gasteiger partial charge < -0.3 is 0 Å². The molecule has 0 fully saturated rings. The molecule has 1 aromatic rings. The van der Waals surface area contributed by atoms with E-state index in [1.54, 1.807) is 4.72 Å². The molecule has 0 radical (unpaired) electrons. The van der Waals surface area contributed by atoms with Crippen molar-refractivity contribution in [3.63, 3.8) is 0 Å². The summed E-state index contributed by atoms with van der Waals surface area (Å²) in [5, 5.41) is 0. The Balaban J connectivity index is 0.00000144. The molecule has 0 spiro atoms. The van der Waals surface area contributed by atoms with Gasteiger partial charge in [-0.25, -0.2) is 4.39 Å². The van der Waals surface area contributed by atoms with E-state index in [2.05, 4.69) is 0 Å². The van der Waals surface area contributed by atoms with Gasteiger partial charge in [-0.15, -0.1) is 0 Å². The molecule has 0 saturated carbocycles. The molecule has 0 aromatic heterocycles. The van der Waals surface area contributed by atoms with Crippen molar-refractivity contribution in [3.8, 4) is 0 Å². The molecule has 0 aliphatic rings. The summed E-state index contributed by atoms with van der Waals surface area (Å²) in [6, 6.07) is 4.55. The Morgan fingerprint density at radius 2 is 1.69 bits per heavy atom. The summed E-state index contributed by atoms with van der Waals surface area (Å²) >= 11 is 0. The molecule has 7 heteroatoms. The molecule has 0 aliphatic carbocycles. The number of rotatable bonds is 2. The van der Waals surface area contributed by atoms with Crippen LogP contribution < -0.4 is 4.72 Å². The van der Waals surface area contributed by atoms with Crippen LogP contribution in [-0.4, -0.2) is 42.5 Å². The second kappa shape index (κ2) is 4.92. The molecule has 68 valence electrons. The molecule has 0 amide bonds. The Labute approximate surface area is 97.3 Å². The van der Waals surface area contributed by atoms with Crippen molar-refractivity contribution in [2.45, 2.75) is 0 Å². The summed E-state index contributed by atoms with van der Waals surface area (Å²) in [5.41, 5.74) is 0.110. The van der Waals surface area contributed by atoms with Gasteiger partial charge in [-0.05, 0) is 24.3 Å². The Bertz CT molecular complexity index is 364. The van der Waals surface area contributed by atoms with Gasteiger partial charge in [-0.1, -0.05) is 0 Å². The molecule has 1 aromatic carbocycles. The number of benzene rings is 1. The maximum absolute atomic E-state index is 12.3. The molecule has 0 atom stereocenters. The zero-order valence-electron chi connectivity index (χ0n) is 5.86. The molecule has 0 aliphatic heterocycles. The summed E-state index contributed by atoms with van der Waals surface area (Å²) in [6.07, 6.45) is 0. The average molecular weight is 215 g/mol. The van der Waals surface area contributed by atoms with Gasteiger partial charge in [0.2, 0.25) is 0 Å². The Kier molecular flexibility index (Phi) is 4.87. The summed E-state index contributed by atoms with van der Waals surface area (Å²) < 4.78 is 42.8. The van der Waals surface area contributed by atoms with E-state index < -0.39 is 16.1 Å². The SMILES string of the molecule is O=S(=O)(O)Nc1ccc(F)cc1.[NaH]. The molecular weight excluding hydrogens is 208 g/mol. The number of anilines is 1. The third-order valence-electron chi connectivity index (χ3n) is 1.09. The van der Waals surface area contributed by atoms with Crippen molar-refractivity contribution in [2.24, 2.45) is 0 Å². The minimum absolute atomic E-state index is 0. The first kappa shape index (κ1) is 12.9. The van der Waals surface area contributed by atoms with E-state index in [1.807, 2.05) is 0 Å². The van der Waals surface area contributed by atoms with Crippen LogP contribution in [0.3, 0.4) is 0 Å². The first-order chi connectivity index (χ1) is 5.47. The van der Waals surface area contributed by atoms with Crippen LogP contribution in [0.1, 0.15) is 0 Å². The molecule has 0 heterocycles. The van der Waals surface area contributed by atoms with Crippen molar-refractivity contribution >= 4 is 45.5 Å². The van der Waals surface area contributed by atoms with Crippen LogP contribution in [0.2, 0.25) is 0 Å². The monoisotopic (exact) mass is 215 g/mol. The molecule has 4 nitrogen and oxygen atoms in total. The van der Waals surface area contributed by atoms with Gasteiger partial charge in [0, 0.05) is 0 Å². The van der Waals surface area contributed by atoms with Crippen LogP contribution in [0.15, 0.2) is 24.3 Å². The molecule has 0 bridgehead atoms. The number of hydrogen-bond acceptors (Lipinski definition) is 2. The number of halogens is 1. The normalized spacial score (nSPS) is 10.3. The van der Waals surface area contributed by atoms with E-state index in [0.717, 1.165) is 12.1 Å². The Hall–Kier alpha value is -0.140. The second-order valence-electron chi connectivity index (χ2n) is 2.08. The predicted octanol–water partition coefficient (Wildman–Crippen LogP) is 0.392. The third kappa shape index (κ3) is 5.22. The molecule has 0 saturated heterocycles. The number of hydrogen-bond donors (Lipinski definition) is 2. The molecule has 2 N–H and O–H groups in total. The van der Waals surface area contributed by atoms with Gasteiger partial charge in [0.15, 0.2) is 0 Å². The number of nitrogens with one attached hydrogen (secondary N) is 1. The van der Waals surface area contributed by atoms with Gasteiger partial charge in [0.1, 0.15) is 5.82 Å². The predicted molar refractivity (Wildman–Crippen MR) is 48.7 cm³/mol. The maximum atomic E-state index is 12.3. The topological polar surface area (TPSA) is 66.4 Å². The van der Waals surface area contributed by atoms with E-state index in [-0.39, 0.29) is 35.2 Å². The van der Waals surface area contributed by atoms with E-state index in [0.29, 0.717) is 0 Å². The van der Waals surface area contributed by atoms with Gasteiger partial charge in [-0.2, -0.15) is 8.42 Å². The third-order valence-corrected chi connectivity index (χ3v) is 1.58. The molecule has 1 rings (SSSR count). The van der Waals surface area contributed by atoms with Gasteiger partial charge >= 0.3 is 39.9 Å². The van der Waals surface area contributed by atoms with Crippen molar-refractivity contribution in [3.05, 3.63) is 30.1 Å². The Morgan fingerprint density at radius 1 is 1.23 bits per heavy atom. The van der Waals surface area contributed by atoms with Crippen molar-refractivity contribution in [2.75, 3.05) is 4.72 Å². The van der Waals surface area contributed by atoms with E-state index >= 15 is 0 Å². The summed E-state index contributed by atoms with van der Waals surface area (Å²) in [7, 11) is -4.26. The molecule has 13 heavy (non-hydrogen) atoms. The van der Waals surface area contributed by atoms with Gasteiger partial charge in [-0.3, -0.25) is 9.27 Å². The second-order valence-corrected chi connectivity index (χ2v) is 3.24. The standard InChI is InChI=1S/C6H6FNO3S.Na.H/c7-5-1-3-6(4-2-5)8-12(9,10)11;;/h1-4,8H,(H,9,10,11);;. The quantitative estimate of drug-likeness (QED) is 0.554. The van der Waals surface area contributed by atoms with Crippen LogP contribution in [0.4, 0.5) is 10.1 Å². The van der Waals surface area contributed by atoms with E-state index in [9.17, 15) is 12.8 Å². The van der Waals surface area contributed by atoms with Crippen molar-refractivity contribution in [1.82, 2.24) is 0 Å². The van der Waals surface area contributed by atoms with E-state index in [1.165, 1.54) is 12.1 Å². The Morgan fingerprint density at radius 3 is 2.08 bits per heavy atom. The zero-order valence-corrected chi connectivity index (χ0v) is 6.68. The van der Waals surface area contributed by atoms with Crippen LogP contribution >= 0.6 is 0 Å². The van der Waals surface area contributed by atoms with Crippen LogP contribution in [-0.2, 0) is 10.3 Å². The average Bonchev–Trinajstić information content (AvgIpc) is 1.91. The zero-order chi connectivity index (χ0) is 9.19. The minimum atomic E-state index is -4.26. The first-order valence-corrected chi connectivity index (χ1v) is 4.42. The van der Waals surface area contributed by atoms with Crippen LogP contribution in [0.25, 0.3) is 0 Å². The van der Waals surface area contributed by atoms with Crippen LogP contribution in [0.5, 0.6) is 0 Å². The van der Waals surface area contributed by atoms with Gasteiger partial charge in [0.25, 0.3) is 0 Å². The van der Waals surface area contributed by atoms with Crippen molar-refractivity contribution in [1.29, 1.82) is 0 Å². The first-order valence-electron chi connectivity index (χ1n) is 2.98. The van der Waals surface area contributed by atoms with E-state index in [4.69, 9.17) is 4.55 Å². The molecular formula is C6H7FNNaO3S. The molecule has 0 unspecified atom stereocenters. The van der Waals surface area contributed by atoms with Crippen LogP contribution in [0, 0.1) is 5.82 Å². The fourth-order valence-corrected chi connectivity index (χ4v) is 1.10. The fraction of sp³-hybridized carbons (Fsp3) is 0. The summed E-state index contributed by atoms with van der Waals surface area (Å²) in [4.78, 5) is 0. The van der Waals surface area contributed by atoms with Crippen molar-refractivity contribution < 1.29 is 17.4 Å².